The van der Waals surface area contributed by atoms with Crippen LogP contribution in [0.25, 0.3) is 0 Å². The van der Waals surface area contributed by atoms with Crippen LogP contribution in [0.3, 0.4) is 0 Å². The summed E-state index contributed by atoms with van der Waals surface area (Å²) in [4.78, 5) is 27.8. The fourth-order valence-corrected chi connectivity index (χ4v) is 4.08. The number of amidine groups is 2. The van der Waals surface area contributed by atoms with Gasteiger partial charge >= 0.3 is 0 Å². The van der Waals surface area contributed by atoms with Crippen LogP contribution in [0.4, 0.5) is 8.78 Å². The zero-order chi connectivity index (χ0) is 23.7. The first-order valence-corrected chi connectivity index (χ1v) is 11.6. The molecular weight excluding hydrogens is 438 g/mol. The third-order valence-electron chi connectivity index (χ3n) is 5.52. The summed E-state index contributed by atoms with van der Waals surface area (Å²) in [6.07, 6.45) is 5.06. The first-order chi connectivity index (χ1) is 15.2. The van der Waals surface area contributed by atoms with Crippen molar-refractivity contribution in [1.82, 2.24) is 15.5 Å². The van der Waals surface area contributed by atoms with Gasteiger partial charge in [0.2, 0.25) is 5.91 Å². The highest BCUT2D eigenvalue weighted by Gasteiger charge is 2.31. The van der Waals surface area contributed by atoms with Gasteiger partial charge in [0.15, 0.2) is 5.84 Å². The lowest BCUT2D eigenvalue weighted by Crippen LogP contribution is -2.50. The quantitative estimate of drug-likeness (QED) is 0.338. The number of nitrogens with one attached hydrogen (secondary N) is 2. The van der Waals surface area contributed by atoms with E-state index < -0.39 is 24.4 Å². The minimum absolute atomic E-state index is 0.116. The highest BCUT2D eigenvalue weighted by Crippen LogP contribution is 2.26. The molecule has 0 spiro atoms. The van der Waals surface area contributed by atoms with E-state index in [0.29, 0.717) is 31.9 Å². The monoisotopic (exact) mass is 472 g/mol. The molecule has 0 saturated heterocycles. The molecule has 10 heteroatoms. The number of nitrogens with zero attached hydrogens (tertiary/aromatic N) is 4. The molecule has 2 N–H and O–H groups in total. The summed E-state index contributed by atoms with van der Waals surface area (Å²) >= 11 is 6.37. The summed E-state index contributed by atoms with van der Waals surface area (Å²) in [5.41, 5.74) is 0.995. The normalized spacial score (nSPS) is 20.4. The molecule has 7 nitrogen and oxygen atoms in total. The molecule has 0 bridgehead atoms. The molecule has 2 unspecified atom stereocenters. The van der Waals surface area contributed by atoms with Crippen molar-refractivity contribution in [2.75, 3.05) is 32.7 Å². The van der Waals surface area contributed by atoms with E-state index in [-0.39, 0.29) is 11.3 Å². The van der Waals surface area contributed by atoms with Crippen LogP contribution < -0.4 is 10.6 Å². The van der Waals surface area contributed by atoms with Gasteiger partial charge in [0.25, 0.3) is 5.92 Å². The number of unbranched alkanes of at least 4 members (excludes halogenated alkanes) is 1. The fraction of sp³-hybridized carbons (Fsp3) is 0.727. The number of alkyl halides is 3. The summed E-state index contributed by atoms with van der Waals surface area (Å²) in [6.45, 7) is 9.82. The lowest BCUT2D eigenvalue weighted by atomic mass is 9.95. The van der Waals surface area contributed by atoms with Crippen LogP contribution in [0.15, 0.2) is 26.8 Å². The second kappa shape index (κ2) is 12.3. The molecule has 2 aliphatic heterocycles. The third-order valence-corrected chi connectivity index (χ3v) is 5.84. The second-order valence-electron chi connectivity index (χ2n) is 8.44. The second-order valence-corrected chi connectivity index (χ2v) is 9.06. The predicted molar refractivity (Wildman–Crippen MR) is 127 cm³/mol. The number of rotatable bonds is 12. The van der Waals surface area contributed by atoms with Crippen LogP contribution >= 0.6 is 11.6 Å². The number of halogens is 3. The van der Waals surface area contributed by atoms with Gasteiger partial charge < -0.3 is 15.5 Å². The number of carbonyl (C=O) groups is 1. The van der Waals surface area contributed by atoms with Crippen molar-refractivity contribution >= 4 is 35.9 Å². The molecule has 1 amide bonds. The van der Waals surface area contributed by atoms with E-state index in [1.54, 1.807) is 6.92 Å². The molecule has 3 atom stereocenters. The number of carbonyl (C=O) groups excluding carboxylic acids is 1. The average molecular weight is 473 g/mol. The van der Waals surface area contributed by atoms with E-state index >= 15 is 0 Å². The molecule has 0 aliphatic carbocycles. The lowest BCUT2D eigenvalue weighted by Gasteiger charge is -2.33. The van der Waals surface area contributed by atoms with Crippen molar-refractivity contribution in [2.45, 2.75) is 63.8 Å². The smallest absolute Gasteiger partial charge is 0.262 e. The minimum atomic E-state index is -2.95. The van der Waals surface area contributed by atoms with Gasteiger partial charge in [0, 0.05) is 50.7 Å². The summed E-state index contributed by atoms with van der Waals surface area (Å²) in [7, 11) is 0. The zero-order valence-corrected chi connectivity index (χ0v) is 20.0. The van der Waals surface area contributed by atoms with Gasteiger partial charge in [-0.1, -0.05) is 13.3 Å². The number of hydrogen-bond acceptors (Lipinski definition) is 6. The molecule has 2 aliphatic rings. The number of aliphatic imine (C=N–C) groups is 3. The van der Waals surface area contributed by atoms with Gasteiger partial charge in [-0.3, -0.25) is 14.8 Å². The van der Waals surface area contributed by atoms with Crippen molar-refractivity contribution in [3.63, 3.8) is 0 Å². The molecule has 0 radical (unpaired) electrons. The molecule has 2 rings (SSSR count). The molecule has 180 valence electrons. The largest absolute Gasteiger partial charge is 0.390 e. The van der Waals surface area contributed by atoms with Crippen molar-refractivity contribution in [3.05, 3.63) is 11.8 Å². The van der Waals surface area contributed by atoms with Crippen molar-refractivity contribution in [2.24, 2.45) is 20.9 Å². The van der Waals surface area contributed by atoms with Crippen molar-refractivity contribution in [1.29, 1.82) is 0 Å². The zero-order valence-electron chi connectivity index (χ0n) is 19.2. The Bertz CT molecular complexity index is 749. The highest BCUT2D eigenvalue weighted by atomic mass is 35.5. The molecule has 0 aromatic rings. The first-order valence-electron chi connectivity index (χ1n) is 11.2. The molecule has 0 aromatic heterocycles. The molecular formula is C22H35ClF2N6O. The van der Waals surface area contributed by atoms with Crippen molar-refractivity contribution in [3.8, 4) is 0 Å². The summed E-state index contributed by atoms with van der Waals surface area (Å²) in [5, 5.41) is 5.50. The maximum atomic E-state index is 13.2. The predicted octanol–water partition coefficient (Wildman–Crippen LogP) is 3.25. The third kappa shape index (κ3) is 7.83. The fourth-order valence-electron chi connectivity index (χ4n) is 3.76. The molecule has 0 fully saturated rings. The Balaban J connectivity index is 2.17. The Hall–Kier alpha value is -2.03. The van der Waals surface area contributed by atoms with Crippen LogP contribution in [0.1, 0.15) is 46.5 Å². The Morgan fingerprint density at radius 3 is 2.94 bits per heavy atom. The average Bonchev–Trinajstić information content (AvgIpc) is 3.20. The van der Waals surface area contributed by atoms with Crippen LogP contribution in [0.5, 0.6) is 0 Å². The van der Waals surface area contributed by atoms with E-state index in [1.807, 2.05) is 11.1 Å². The van der Waals surface area contributed by atoms with E-state index in [9.17, 15) is 13.6 Å². The van der Waals surface area contributed by atoms with E-state index in [1.165, 1.54) is 0 Å². The van der Waals surface area contributed by atoms with Gasteiger partial charge in [-0.05, 0) is 26.5 Å². The Labute approximate surface area is 194 Å². The van der Waals surface area contributed by atoms with Gasteiger partial charge in [-0.25, -0.2) is 13.8 Å². The van der Waals surface area contributed by atoms with Crippen LogP contribution in [0.2, 0.25) is 0 Å². The standard InChI is InChI=1S/C22H35ClF2N6O/c1-5-6-9-31(15(2)21(32)29-14-22(3,24)25)19-7-8-28-20(30-19)18-13-27-11-16(18)10-17(23)12-26-4/h13,15-17,27H,4-12,14H2,1-3H3,(H,29,32)/t15-,16?,17?/m0/s1. The highest BCUT2D eigenvalue weighted by molar-refractivity contribution is 6.21. The van der Waals surface area contributed by atoms with Crippen LogP contribution in [-0.2, 0) is 4.79 Å². The van der Waals surface area contributed by atoms with E-state index in [4.69, 9.17) is 16.6 Å². The lowest BCUT2D eigenvalue weighted by molar-refractivity contribution is -0.126. The molecule has 0 saturated carbocycles. The topological polar surface area (TPSA) is 81.5 Å². The minimum Gasteiger partial charge on any atom is -0.390 e. The van der Waals surface area contributed by atoms with Gasteiger partial charge in [-0.15, -0.1) is 11.6 Å². The van der Waals surface area contributed by atoms with E-state index in [0.717, 1.165) is 44.1 Å². The van der Waals surface area contributed by atoms with Gasteiger partial charge in [0.05, 0.1) is 18.5 Å². The summed E-state index contributed by atoms with van der Waals surface area (Å²) in [6, 6.07) is -0.612. The Morgan fingerprint density at radius 2 is 2.28 bits per heavy atom. The van der Waals surface area contributed by atoms with Crippen LogP contribution in [0, 0.1) is 5.92 Å². The SMILES string of the molecule is C=NCC(Cl)CC1CNC=C1C1=NCCC(N(CCCC)[C@@H](C)C(=O)NCC(C)(F)F)=N1. The molecule has 0 aromatic carbocycles. The molecule has 2 heterocycles. The first kappa shape index (κ1) is 26.2. The maximum Gasteiger partial charge on any atom is 0.262 e. The summed E-state index contributed by atoms with van der Waals surface area (Å²) < 4.78 is 26.4. The van der Waals surface area contributed by atoms with Gasteiger partial charge in [0.1, 0.15) is 11.9 Å². The van der Waals surface area contributed by atoms with Crippen molar-refractivity contribution < 1.29 is 13.6 Å². The maximum absolute atomic E-state index is 13.2. The van der Waals surface area contributed by atoms with Gasteiger partial charge in [-0.2, -0.15) is 0 Å². The van der Waals surface area contributed by atoms with E-state index in [2.05, 4.69) is 34.3 Å². The number of amides is 1. The Morgan fingerprint density at radius 1 is 1.53 bits per heavy atom. The number of hydrogen-bond donors (Lipinski definition) is 2. The Kier molecular flexibility index (Phi) is 10.1. The summed E-state index contributed by atoms with van der Waals surface area (Å²) in [5.74, 6) is -1.82. The van der Waals surface area contributed by atoms with Crippen LogP contribution in [-0.4, -0.2) is 79.3 Å². The molecule has 32 heavy (non-hydrogen) atoms.